The molecule has 2 aliphatic carbocycles. The Hall–Kier alpha value is -3.34. The standard InChI is InChI=1S/C31H35NO4/c1-21-28(32-31(36-21)25-15-13-23(14-16-25)22-7-3-2-4-8-22)19-20-35-29-12-6-10-26-24(17-18-30(33)34)9-5-11-27(26)29/h6,10,12-17,22H,2-5,7-9,11,18-20H2,1H3,(H,33,34)/b24-17-. The van der Waals surface area contributed by atoms with E-state index in [9.17, 15) is 4.79 Å². The number of oxazole rings is 1. The van der Waals surface area contributed by atoms with Crippen LogP contribution in [-0.2, 0) is 17.6 Å². The molecule has 1 aromatic heterocycles. The summed E-state index contributed by atoms with van der Waals surface area (Å²) in [6.45, 7) is 2.48. The molecule has 0 saturated heterocycles. The number of aromatic nitrogens is 1. The highest BCUT2D eigenvalue weighted by Crippen LogP contribution is 2.37. The average Bonchev–Trinajstić information content (AvgIpc) is 3.28. The highest BCUT2D eigenvalue weighted by Gasteiger charge is 2.19. The molecule has 1 heterocycles. The van der Waals surface area contributed by atoms with Gasteiger partial charge in [0.05, 0.1) is 18.7 Å². The molecule has 0 unspecified atom stereocenters. The lowest BCUT2D eigenvalue weighted by molar-refractivity contribution is -0.136. The van der Waals surface area contributed by atoms with Gasteiger partial charge < -0.3 is 14.3 Å². The largest absolute Gasteiger partial charge is 0.493 e. The van der Waals surface area contributed by atoms with Crippen LogP contribution in [-0.4, -0.2) is 22.7 Å². The number of aryl methyl sites for hydroxylation is 1. The van der Waals surface area contributed by atoms with Crippen molar-refractivity contribution in [1.82, 2.24) is 4.98 Å². The molecular weight excluding hydrogens is 450 g/mol. The van der Waals surface area contributed by atoms with Crippen LogP contribution in [0.25, 0.3) is 17.0 Å². The first-order valence-electron chi connectivity index (χ1n) is 13.3. The van der Waals surface area contributed by atoms with E-state index in [0.717, 1.165) is 53.2 Å². The van der Waals surface area contributed by atoms with Gasteiger partial charge in [0, 0.05) is 17.5 Å². The number of carboxylic acids is 1. The number of carbonyl (C=O) groups is 1. The second-order valence-electron chi connectivity index (χ2n) is 10.0. The molecule has 188 valence electrons. The molecule has 5 nitrogen and oxygen atoms in total. The van der Waals surface area contributed by atoms with Crippen molar-refractivity contribution in [2.45, 2.75) is 77.0 Å². The van der Waals surface area contributed by atoms with E-state index in [4.69, 9.17) is 19.2 Å². The van der Waals surface area contributed by atoms with Crippen molar-refractivity contribution < 1.29 is 19.1 Å². The van der Waals surface area contributed by atoms with E-state index in [0.29, 0.717) is 24.8 Å². The Morgan fingerprint density at radius 1 is 1.08 bits per heavy atom. The molecule has 0 aliphatic heterocycles. The van der Waals surface area contributed by atoms with Gasteiger partial charge in [0.25, 0.3) is 0 Å². The summed E-state index contributed by atoms with van der Waals surface area (Å²) in [5.74, 6) is 2.28. The van der Waals surface area contributed by atoms with Crippen molar-refractivity contribution in [1.29, 1.82) is 0 Å². The number of nitrogens with zero attached hydrogens (tertiary/aromatic N) is 1. The second kappa shape index (κ2) is 11.2. The lowest BCUT2D eigenvalue weighted by atomic mass is 9.84. The number of hydrogen-bond acceptors (Lipinski definition) is 4. The first-order chi connectivity index (χ1) is 17.6. The highest BCUT2D eigenvalue weighted by atomic mass is 16.5. The first-order valence-corrected chi connectivity index (χ1v) is 13.3. The Kier molecular flexibility index (Phi) is 7.55. The van der Waals surface area contributed by atoms with Crippen LogP contribution in [0.4, 0.5) is 0 Å². The molecule has 5 rings (SSSR count). The molecule has 5 heteroatoms. The van der Waals surface area contributed by atoms with Crippen molar-refractivity contribution in [3.63, 3.8) is 0 Å². The predicted octanol–water partition coefficient (Wildman–Crippen LogP) is 7.51. The van der Waals surface area contributed by atoms with E-state index in [1.165, 1.54) is 43.2 Å². The minimum Gasteiger partial charge on any atom is -0.493 e. The fourth-order valence-electron chi connectivity index (χ4n) is 5.65. The van der Waals surface area contributed by atoms with E-state index in [2.05, 4.69) is 30.3 Å². The summed E-state index contributed by atoms with van der Waals surface area (Å²) in [6, 6.07) is 14.8. The summed E-state index contributed by atoms with van der Waals surface area (Å²) >= 11 is 0. The van der Waals surface area contributed by atoms with Crippen LogP contribution in [0.15, 0.2) is 53.0 Å². The zero-order valence-corrected chi connectivity index (χ0v) is 21.1. The fourth-order valence-corrected chi connectivity index (χ4v) is 5.65. The van der Waals surface area contributed by atoms with E-state index >= 15 is 0 Å². The molecule has 0 spiro atoms. The van der Waals surface area contributed by atoms with Crippen LogP contribution >= 0.6 is 0 Å². The van der Waals surface area contributed by atoms with Gasteiger partial charge in [0.2, 0.25) is 5.89 Å². The van der Waals surface area contributed by atoms with Gasteiger partial charge in [-0.3, -0.25) is 4.79 Å². The highest BCUT2D eigenvalue weighted by molar-refractivity contribution is 5.77. The number of benzene rings is 2. The predicted molar refractivity (Wildman–Crippen MR) is 141 cm³/mol. The Morgan fingerprint density at radius 3 is 2.67 bits per heavy atom. The minimum atomic E-state index is -0.801. The monoisotopic (exact) mass is 485 g/mol. The summed E-state index contributed by atoms with van der Waals surface area (Å²) in [7, 11) is 0. The van der Waals surface area contributed by atoms with Gasteiger partial charge in [0.15, 0.2) is 0 Å². The Bertz CT molecular complexity index is 1230. The van der Waals surface area contributed by atoms with E-state index < -0.39 is 5.97 Å². The minimum absolute atomic E-state index is 0.0525. The zero-order valence-electron chi connectivity index (χ0n) is 21.1. The summed E-state index contributed by atoms with van der Waals surface area (Å²) in [5, 5.41) is 9.05. The second-order valence-corrected chi connectivity index (χ2v) is 10.0. The van der Waals surface area contributed by atoms with Crippen molar-refractivity contribution >= 4 is 11.5 Å². The number of allylic oxidation sites excluding steroid dienone is 1. The average molecular weight is 486 g/mol. The molecule has 0 radical (unpaired) electrons. The number of aliphatic carboxylic acids is 1. The molecular formula is C31H35NO4. The molecule has 1 saturated carbocycles. The number of hydrogen-bond donors (Lipinski definition) is 1. The summed E-state index contributed by atoms with van der Waals surface area (Å²) in [4.78, 5) is 15.8. The van der Waals surface area contributed by atoms with Crippen molar-refractivity contribution in [3.05, 3.63) is 76.7 Å². The SMILES string of the molecule is Cc1oc(-c2ccc(C3CCCCC3)cc2)nc1CCOc1cccc2c1CCC/C2=C/CC(=O)O. The van der Waals surface area contributed by atoms with Gasteiger partial charge in [-0.25, -0.2) is 4.98 Å². The van der Waals surface area contributed by atoms with Crippen LogP contribution in [0, 0.1) is 6.92 Å². The quantitative estimate of drug-likeness (QED) is 0.357. The molecule has 0 atom stereocenters. The van der Waals surface area contributed by atoms with Crippen molar-refractivity contribution in [2.75, 3.05) is 6.61 Å². The molecule has 1 N–H and O–H groups in total. The van der Waals surface area contributed by atoms with Crippen LogP contribution in [0.2, 0.25) is 0 Å². The Morgan fingerprint density at radius 2 is 1.89 bits per heavy atom. The fraction of sp³-hybridized carbons (Fsp3) is 0.419. The normalized spacial score (nSPS) is 17.2. The third-order valence-corrected chi connectivity index (χ3v) is 7.60. The van der Waals surface area contributed by atoms with E-state index in [-0.39, 0.29) is 6.42 Å². The smallest absolute Gasteiger partial charge is 0.307 e. The van der Waals surface area contributed by atoms with Crippen molar-refractivity contribution in [2.24, 2.45) is 0 Å². The molecule has 36 heavy (non-hydrogen) atoms. The number of fused-ring (bicyclic) bond motifs is 1. The molecule has 0 amide bonds. The lowest BCUT2D eigenvalue weighted by Gasteiger charge is -2.22. The third-order valence-electron chi connectivity index (χ3n) is 7.60. The van der Waals surface area contributed by atoms with E-state index in [1.54, 1.807) is 0 Å². The topological polar surface area (TPSA) is 72.6 Å². The van der Waals surface area contributed by atoms with Crippen molar-refractivity contribution in [3.8, 4) is 17.2 Å². The van der Waals surface area contributed by atoms with Gasteiger partial charge >= 0.3 is 5.97 Å². The summed E-state index contributed by atoms with van der Waals surface area (Å²) in [6.07, 6.45) is 12.1. The van der Waals surface area contributed by atoms with E-state index in [1.807, 2.05) is 25.1 Å². The van der Waals surface area contributed by atoms with Crippen LogP contribution in [0.3, 0.4) is 0 Å². The van der Waals surface area contributed by atoms with Gasteiger partial charge in [-0.2, -0.15) is 0 Å². The maximum absolute atomic E-state index is 11.0. The van der Waals surface area contributed by atoms with Crippen LogP contribution in [0.1, 0.15) is 85.4 Å². The van der Waals surface area contributed by atoms with Gasteiger partial charge in [0.1, 0.15) is 11.5 Å². The Labute approximate surface area is 213 Å². The lowest BCUT2D eigenvalue weighted by Crippen LogP contribution is -2.09. The molecule has 0 bridgehead atoms. The van der Waals surface area contributed by atoms with Gasteiger partial charge in [-0.1, -0.05) is 49.6 Å². The number of ether oxygens (including phenoxy) is 1. The van der Waals surface area contributed by atoms with Crippen LogP contribution < -0.4 is 4.74 Å². The third kappa shape index (κ3) is 5.56. The first kappa shape index (κ1) is 24.4. The van der Waals surface area contributed by atoms with Gasteiger partial charge in [-0.05, 0) is 79.8 Å². The van der Waals surface area contributed by atoms with Gasteiger partial charge in [-0.15, -0.1) is 0 Å². The number of carboxylic acid groups (broad SMARTS) is 1. The Balaban J connectivity index is 1.23. The summed E-state index contributed by atoms with van der Waals surface area (Å²) < 4.78 is 12.2. The maximum atomic E-state index is 11.0. The zero-order chi connectivity index (χ0) is 24.9. The molecule has 3 aromatic rings. The summed E-state index contributed by atoms with van der Waals surface area (Å²) in [5.41, 5.74) is 6.78. The van der Waals surface area contributed by atoms with Crippen LogP contribution in [0.5, 0.6) is 5.75 Å². The molecule has 2 aliphatic rings. The maximum Gasteiger partial charge on any atom is 0.307 e. The number of rotatable bonds is 8. The molecule has 2 aromatic carbocycles. The molecule has 1 fully saturated rings.